The fourth-order valence-corrected chi connectivity index (χ4v) is 3.95. The van der Waals surface area contributed by atoms with E-state index < -0.39 is 18.1 Å². The van der Waals surface area contributed by atoms with E-state index in [1.165, 1.54) is 4.90 Å². The molecule has 30 heavy (non-hydrogen) atoms. The molecule has 2 aromatic rings. The quantitative estimate of drug-likeness (QED) is 0.800. The maximum Gasteiger partial charge on any atom is 0.325 e. The summed E-state index contributed by atoms with van der Waals surface area (Å²) in [6.07, 6.45) is 1.65. The van der Waals surface area contributed by atoms with Crippen LogP contribution in [-0.2, 0) is 16.1 Å². The number of urea groups is 1. The van der Waals surface area contributed by atoms with Gasteiger partial charge in [0.15, 0.2) is 0 Å². The minimum Gasteiger partial charge on any atom is -0.366 e. The number of fused-ring (bicyclic) bond motifs is 1. The Morgan fingerprint density at radius 2 is 1.70 bits per heavy atom. The van der Waals surface area contributed by atoms with Crippen molar-refractivity contribution in [2.45, 2.75) is 31.6 Å². The molecule has 2 aliphatic rings. The van der Waals surface area contributed by atoms with E-state index >= 15 is 0 Å². The summed E-state index contributed by atoms with van der Waals surface area (Å²) >= 11 is 0. The van der Waals surface area contributed by atoms with Crippen LogP contribution in [0.4, 0.5) is 4.79 Å². The molecule has 7 heteroatoms. The lowest BCUT2D eigenvalue weighted by Gasteiger charge is -2.37. The van der Waals surface area contributed by atoms with Crippen LogP contribution in [-0.4, -0.2) is 46.8 Å². The lowest BCUT2D eigenvalue weighted by atomic mass is 9.98. The summed E-state index contributed by atoms with van der Waals surface area (Å²) < 4.78 is 0. The largest absolute Gasteiger partial charge is 0.366 e. The van der Waals surface area contributed by atoms with Crippen LogP contribution in [0.3, 0.4) is 0 Å². The standard InChI is InChI=1S/C23H24N4O3/c1-15(17-11-7-4-8-12-17)24-21(28)18-14-26(2)20-19(18)25-23(30)27(22(20)29)13-16-9-5-3-6-10-16/h3-12,14-15,19-20H,13H2,1-2H3,(H,24,28)(H,25,30). The van der Waals surface area contributed by atoms with Gasteiger partial charge in [0.2, 0.25) is 0 Å². The lowest BCUT2D eigenvalue weighted by molar-refractivity contribution is -0.135. The Labute approximate surface area is 175 Å². The number of amides is 4. The van der Waals surface area contributed by atoms with Crippen molar-refractivity contribution in [2.24, 2.45) is 0 Å². The number of carbonyl (C=O) groups is 3. The van der Waals surface area contributed by atoms with Gasteiger partial charge in [0.25, 0.3) is 11.8 Å². The third-order valence-corrected chi connectivity index (χ3v) is 5.57. The van der Waals surface area contributed by atoms with Crippen molar-refractivity contribution in [3.8, 4) is 0 Å². The van der Waals surface area contributed by atoms with Crippen LogP contribution < -0.4 is 10.6 Å². The molecule has 4 rings (SSSR count). The number of likely N-dealkylation sites (N-methyl/N-ethyl adjacent to an activating group) is 1. The molecule has 0 spiro atoms. The van der Waals surface area contributed by atoms with Crippen LogP contribution >= 0.6 is 0 Å². The summed E-state index contributed by atoms with van der Waals surface area (Å²) in [7, 11) is 1.74. The number of nitrogens with one attached hydrogen (secondary N) is 2. The number of hydrogen-bond acceptors (Lipinski definition) is 4. The van der Waals surface area contributed by atoms with E-state index in [1.54, 1.807) is 18.1 Å². The van der Waals surface area contributed by atoms with Gasteiger partial charge in [0.05, 0.1) is 24.2 Å². The molecule has 0 saturated carbocycles. The van der Waals surface area contributed by atoms with E-state index in [-0.39, 0.29) is 24.4 Å². The number of hydrogen-bond donors (Lipinski definition) is 2. The first-order valence-electron chi connectivity index (χ1n) is 9.91. The maximum atomic E-state index is 13.1. The minimum atomic E-state index is -0.676. The second-order valence-corrected chi connectivity index (χ2v) is 7.64. The predicted octanol–water partition coefficient (Wildman–Crippen LogP) is 2.18. The number of rotatable bonds is 5. The zero-order valence-corrected chi connectivity index (χ0v) is 16.9. The molecular formula is C23H24N4O3. The Kier molecular flexibility index (Phi) is 5.27. The molecule has 7 nitrogen and oxygen atoms in total. The Morgan fingerprint density at radius 3 is 2.37 bits per heavy atom. The van der Waals surface area contributed by atoms with Crippen LogP contribution in [0, 0.1) is 0 Å². The first kappa shape index (κ1) is 19.7. The van der Waals surface area contributed by atoms with Crippen molar-refractivity contribution in [1.29, 1.82) is 0 Å². The number of nitrogens with zero attached hydrogens (tertiary/aromatic N) is 2. The molecular weight excluding hydrogens is 380 g/mol. The van der Waals surface area contributed by atoms with Crippen molar-refractivity contribution in [3.05, 3.63) is 83.6 Å². The zero-order chi connectivity index (χ0) is 21.3. The third kappa shape index (κ3) is 3.66. The van der Waals surface area contributed by atoms with Gasteiger partial charge in [-0.2, -0.15) is 0 Å². The molecule has 0 aliphatic carbocycles. The van der Waals surface area contributed by atoms with Gasteiger partial charge in [0, 0.05) is 13.2 Å². The highest BCUT2D eigenvalue weighted by Crippen LogP contribution is 2.28. The Morgan fingerprint density at radius 1 is 1.07 bits per heavy atom. The first-order chi connectivity index (χ1) is 14.5. The number of carbonyl (C=O) groups excluding carboxylic acids is 3. The predicted molar refractivity (Wildman–Crippen MR) is 112 cm³/mol. The summed E-state index contributed by atoms with van der Waals surface area (Å²) in [5.41, 5.74) is 2.22. The second-order valence-electron chi connectivity index (χ2n) is 7.64. The monoisotopic (exact) mass is 404 g/mol. The summed E-state index contributed by atoms with van der Waals surface area (Å²) in [5, 5.41) is 5.81. The Bertz CT molecular complexity index is 990. The number of imide groups is 1. The van der Waals surface area contributed by atoms with Gasteiger partial charge in [-0.05, 0) is 18.1 Å². The van der Waals surface area contributed by atoms with E-state index in [9.17, 15) is 14.4 Å². The van der Waals surface area contributed by atoms with Crippen molar-refractivity contribution in [2.75, 3.05) is 7.05 Å². The molecule has 2 N–H and O–H groups in total. The smallest absolute Gasteiger partial charge is 0.325 e. The molecule has 4 amide bonds. The minimum absolute atomic E-state index is 0.190. The summed E-state index contributed by atoms with van der Waals surface area (Å²) in [6.45, 7) is 2.09. The first-order valence-corrected chi connectivity index (χ1v) is 9.91. The Balaban J connectivity index is 1.49. The molecule has 0 radical (unpaired) electrons. The normalized spacial score (nSPS) is 21.6. The van der Waals surface area contributed by atoms with Crippen LogP contribution in [0.5, 0.6) is 0 Å². The molecule has 0 aromatic heterocycles. The molecule has 3 atom stereocenters. The van der Waals surface area contributed by atoms with Gasteiger partial charge < -0.3 is 15.5 Å². The highest BCUT2D eigenvalue weighted by Gasteiger charge is 2.49. The van der Waals surface area contributed by atoms with E-state index in [0.29, 0.717) is 5.57 Å². The van der Waals surface area contributed by atoms with Gasteiger partial charge in [0.1, 0.15) is 6.04 Å². The Hall–Kier alpha value is -3.61. The second kappa shape index (κ2) is 8.02. The van der Waals surface area contributed by atoms with Gasteiger partial charge in [-0.1, -0.05) is 60.7 Å². The molecule has 1 fully saturated rings. The summed E-state index contributed by atoms with van der Waals surface area (Å²) in [4.78, 5) is 41.6. The van der Waals surface area contributed by atoms with Crippen LogP contribution in [0.25, 0.3) is 0 Å². The SMILES string of the molecule is CC(NC(=O)C1=CN(C)C2C(=O)N(Cc3ccccc3)C(=O)NC12)c1ccccc1. The highest BCUT2D eigenvalue weighted by molar-refractivity contribution is 6.05. The molecule has 2 aromatic carbocycles. The van der Waals surface area contributed by atoms with Gasteiger partial charge >= 0.3 is 6.03 Å². The topological polar surface area (TPSA) is 81.8 Å². The van der Waals surface area contributed by atoms with Crippen LogP contribution in [0.2, 0.25) is 0 Å². The van der Waals surface area contributed by atoms with E-state index in [0.717, 1.165) is 11.1 Å². The van der Waals surface area contributed by atoms with Crippen molar-refractivity contribution < 1.29 is 14.4 Å². The van der Waals surface area contributed by atoms with Gasteiger partial charge in [-0.25, -0.2) is 4.79 Å². The fraction of sp³-hybridized carbons (Fsp3) is 0.261. The highest BCUT2D eigenvalue weighted by atomic mass is 16.2. The third-order valence-electron chi connectivity index (χ3n) is 5.57. The van der Waals surface area contributed by atoms with Crippen molar-refractivity contribution in [1.82, 2.24) is 20.4 Å². The molecule has 3 unspecified atom stereocenters. The van der Waals surface area contributed by atoms with E-state index in [1.807, 2.05) is 67.6 Å². The zero-order valence-electron chi connectivity index (χ0n) is 16.9. The van der Waals surface area contributed by atoms with Gasteiger partial charge in [-0.15, -0.1) is 0 Å². The maximum absolute atomic E-state index is 13.1. The summed E-state index contributed by atoms with van der Waals surface area (Å²) in [5.74, 6) is -0.611. The molecule has 2 heterocycles. The van der Waals surface area contributed by atoms with E-state index in [4.69, 9.17) is 0 Å². The fourth-order valence-electron chi connectivity index (χ4n) is 3.95. The van der Waals surface area contributed by atoms with E-state index in [2.05, 4.69) is 10.6 Å². The van der Waals surface area contributed by atoms with Gasteiger partial charge in [-0.3, -0.25) is 14.5 Å². The van der Waals surface area contributed by atoms with Crippen molar-refractivity contribution >= 4 is 17.8 Å². The summed E-state index contributed by atoms with van der Waals surface area (Å²) in [6, 6.07) is 17.0. The molecule has 2 aliphatic heterocycles. The van der Waals surface area contributed by atoms with Crippen molar-refractivity contribution in [3.63, 3.8) is 0 Å². The molecule has 154 valence electrons. The number of benzene rings is 2. The lowest BCUT2D eigenvalue weighted by Crippen LogP contribution is -2.64. The molecule has 1 saturated heterocycles. The van der Waals surface area contributed by atoms with Crippen LogP contribution in [0.15, 0.2) is 72.4 Å². The van der Waals surface area contributed by atoms with Crippen LogP contribution in [0.1, 0.15) is 24.1 Å². The average Bonchev–Trinajstić information content (AvgIpc) is 3.08. The molecule has 0 bridgehead atoms. The average molecular weight is 404 g/mol.